The Hall–Kier alpha value is -1.82. The van der Waals surface area contributed by atoms with Gasteiger partial charge in [0.25, 0.3) is 0 Å². The first-order valence-electron chi connectivity index (χ1n) is 8.62. The molecule has 23 heavy (non-hydrogen) atoms. The first-order valence-corrected chi connectivity index (χ1v) is 8.62. The third-order valence-electron chi connectivity index (χ3n) is 3.80. The van der Waals surface area contributed by atoms with Gasteiger partial charge in [-0.3, -0.25) is 4.99 Å². The van der Waals surface area contributed by atoms with E-state index < -0.39 is 0 Å². The molecule has 0 amide bonds. The van der Waals surface area contributed by atoms with Crippen molar-refractivity contribution in [2.75, 3.05) is 57.4 Å². The Morgan fingerprint density at radius 3 is 2.74 bits per heavy atom. The Kier molecular flexibility index (Phi) is 7.66. The van der Waals surface area contributed by atoms with Gasteiger partial charge in [-0.2, -0.15) is 0 Å². The van der Waals surface area contributed by atoms with Crippen molar-refractivity contribution in [2.45, 2.75) is 20.3 Å². The van der Waals surface area contributed by atoms with Crippen molar-refractivity contribution in [1.29, 1.82) is 0 Å². The highest BCUT2D eigenvalue weighted by Crippen LogP contribution is 2.12. The van der Waals surface area contributed by atoms with Crippen LogP contribution in [0.15, 0.2) is 29.4 Å². The van der Waals surface area contributed by atoms with Gasteiger partial charge in [0, 0.05) is 58.7 Å². The number of ether oxygens (including phenoxy) is 1. The van der Waals surface area contributed by atoms with E-state index in [9.17, 15) is 0 Å². The molecule has 6 nitrogen and oxygen atoms in total. The number of anilines is 1. The van der Waals surface area contributed by atoms with Crippen LogP contribution in [0.5, 0.6) is 0 Å². The number of rotatable bonds is 7. The lowest BCUT2D eigenvalue weighted by atomic mass is 10.3. The smallest absolute Gasteiger partial charge is 0.194 e. The minimum absolute atomic E-state index is 0.777. The molecule has 0 bridgehead atoms. The maximum atomic E-state index is 5.37. The summed E-state index contributed by atoms with van der Waals surface area (Å²) in [4.78, 5) is 13.8. The molecule has 0 unspecified atom stereocenters. The predicted molar refractivity (Wildman–Crippen MR) is 95.1 cm³/mol. The molecule has 1 aliphatic heterocycles. The molecule has 0 atom stereocenters. The summed E-state index contributed by atoms with van der Waals surface area (Å²) >= 11 is 0. The van der Waals surface area contributed by atoms with Crippen LogP contribution < -0.4 is 10.2 Å². The maximum Gasteiger partial charge on any atom is 0.194 e. The average Bonchev–Trinajstić information content (AvgIpc) is 2.61. The van der Waals surface area contributed by atoms with Crippen molar-refractivity contribution < 1.29 is 4.74 Å². The van der Waals surface area contributed by atoms with Crippen LogP contribution in [0.2, 0.25) is 0 Å². The van der Waals surface area contributed by atoms with Gasteiger partial charge in [0.05, 0.1) is 0 Å². The van der Waals surface area contributed by atoms with Gasteiger partial charge in [-0.1, -0.05) is 6.07 Å². The summed E-state index contributed by atoms with van der Waals surface area (Å²) in [5, 5.41) is 3.40. The highest BCUT2D eigenvalue weighted by Gasteiger charge is 2.20. The van der Waals surface area contributed by atoms with E-state index in [-0.39, 0.29) is 0 Å². The number of piperazine rings is 1. The number of hydrogen-bond acceptors (Lipinski definition) is 4. The minimum atomic E-state index is 0.777. The van der Waals surface area contributed by atoms with Crippen molar-refractivity contribution in [3.05, 3.63) is 24.4 Å². The monoisotopic (exact) mass is 319 g/mol. The molecule has 6 heteroatoms. The number of pyridine rings is 1. The molecule has 2 rings (SSSR count). The highest BCUT2D eigenvalue weighted by molar-refractivity contribution is 5.80. The highest BCUT2D eigenvalue weighted by atomic mass is 16.5. The summed E-state index contributed by atoms with van der Waals surface area (Å²) in [6.45, 7) is 11.3. The zero-order valence-electron chi connectivity index (χ0n) is 14.4. The molecule has 0 saturated carbocycles. The summed E-state index contributed by atoms with van der Waals surface area (Å²) in [5.74, 6) is 2.08. The van der Waals surface area contributed by atoms with Gasteiger partial charge in [0.1, 0.15) is 5.82 Å². The topological polar surface area (TPSA) is 53.0 Å². The summed E-state index contributed by atoms with van der Waals surface area (Å²) in [6, 6.07) is 6.07. The van der Waals surface area contributed by atoms with Gasteiger partial charge in [-0.05, 0) is 32.4 Å². The predicted octanol–water partition coefficient (Wildman–Crippen LogP) is 1.60. The van der Waals surface area contributed by atoms with E-state index in [1.54, 1.807) is 0 Å². The number of aliphatic imine (C=N–C) groups is 1. The second kappa shape index (κ2) is 10.0. The zero-order chi connectivity index (χ0) is 16.3. The quantitative estimate of drug-likeness (QED) is 0.470. The molecular weight excluding hydrogens is 290 g/mol. The number of guanidine groups is 1. The lowest BCUT2D eigenvalue weighted by molar-refractivity contribution is 0.146. The van der Waals surface area contributed by atoms with Gasteiger partial charge in [0.15, 0.2) is 5.96 Å². The van der Waals surface area contributed by atoms with E-state index in [0.29, 0.717) is 0 Å². The van der Waals surface area contributed by atoms with E-state index >= 15 is 0 Å². The van der Waals surface area contributed by atoms with E-state index in [1.807, 2.05) is 25.3 Å². The lowest BCUT2D eigenvalue weighted by Crippen LogP contribution is -2.52. The van der Waals surface area contributed by atoms with Crippen LogP contribution in [0.4, 0.5) is 5.82 Å². The summed E-state index contributed by atoms with van der Waals surface area (Å²) in [7, 11) is 0. The second-order valence-corrected chi connectivity index (χ2v) is 5.45. The Balaban J connectivity index is 1.83. The van der Waals surface area contributed by atoms with Crippen LogP contribution in [-0.4, -0.2) is 68.3 Å². The zero-order valence-corrected chi connectivity index (χ0v) is 14.4. The first kappa shape index (κ1) is 17.5. The molecule has 2 heterocycles. The Bertz CT molecular complexity index is 457. The van der Waals surface area contributed by atoms with E-state index in [2.05, 4.69) is 33.1 Å². The minimum Gasteiger partial charge on any atom is -0.382 e. The Morgan fingerprint density at radius 2 is 2.09 bits per heavy atom. The molecular formula is C17H29N5O. The lowest BCUT2D eigenvalue weighted by Gasteiger charge is -2.37. The molecule has 1 aromatic heterocycles. The second-order valence-electron chi connectivity index (χ2n) is 5.45. The molecule has 1 aromatic rings. The van der Waals surface area contributed by atoms with Gasteiger partial charge in [-0.25, -0.2) is 4.98 Å². The molecule has 0 spiro atoms. The molecule has 1 aliphatic rings. The fourth-order valence-electron chi connectivity index (χ4n) is 2.61. The number of nitrogens with one attached hydrogen (secondary N) is 1. The molecule has 1 N–H and O–H groups in total. The van der Waals surface area contributed by atoms with Gasteiger partial charge in [-0.15, -0.1) is 0 Å². The molecule has 1 fully saturated rings. The van der Waals surface area contributed by atoms with Crippen LogP contribution in [-0.2, 0) is 4.74 Å². The summed E-state index contributed by atoms with van der Waals surface area (Å²) < 4.78 is 5.37. The van der Waals surface area contributed by atoms with Crippen molar-refractivity contribution in [3.8, 4) is 0 Å². The number of hydrogen-bond donors (Lipinski definition) is 1. The molecule has 0 aromatic carbocycles. The summed E-state index contributed by atoms with van der Waals surface area (Å²) in [5.41, 5.74) is 0. The van der Waals surface area contributed by atoms with Gasteiger partial charge in [0.2, 0.25) is 0 Å². The molecule has 0 radical (unpaired) electrons. The number of aromatic nitrogens is 1. The third-order valence-corrected chi connectivity index (χ3v) is 3.80. The van der Waals surface area contributed by atoms with Crippen molar-refractivity contribution >= 4 is 11.8 Å². The van der Waals surface area contributed by atoms with Gasteiger partial charge >= 0.3 is 0 Å². The van der Waals surface area contributed by atoms with Crippen LogP contribution in [0.25, 0.3) is 0 Å². The Morgan fingerprint density at radius 1 is 1.26 bits per heavy atom. The first-order chi connectivity index (χ1) is 11.3. The standard InChI is InChI=1S/C17H29N5O/c1-3-18-17(20-10-7-15-23-4-2)22-13-11-21(12-14-22)16-8-5-6-9-19-16/h5-6,8-9H,3-4,7,10-15H2,1-2H3,(H,18,20). The Labute approximate surface area is 139 Å². The van der Waals surface area contributed by atoms with Crippen LogP contribution in [0, 0.1) is 0 Å². The van der Waals surface area contributed by atoms with Crippen LogP contribution >= 0.6 is 0 Å². The van der Waals surface area contributed by atoms with Crippen LogP contribution in [0.1, 0.15) is 20.3 Å². The SMILES string of the molecule is CCNC(=NCCCOCC)N1CCN(c2ccccn2)CC1. The molecule has 128 valence electrons. The fraction of sp³-hybridized carbons (Fsp3) is 0.647. The van der Waals surface area contributed by atoms with E-state index in [0.717, 1.165) is 70.7 Å². The van der Waals surface area contributed by atoms with Gasteiger partial charge < -0.3 is 19.9 Å². The largest absolute Gasteiger partial charge is 0.382 e. The normalized spacial score (nSPS) is 15.8. The number of nitrogens with zero attached hydrogens (tertiary/aromatic N) is 4. The van der Waals surface area contributed by atoms with Crippen molar-refractivity contribution in [3.63, 3.8) is 0 Å². The fourth-order valence-corrected chi connectivity index (χ4v) is 2.61. The molecule has 1 saturated heterocycles. The molecule has 0 aliphatic carbocycles. The summed E-state index contributed by atoms with van der Waals surface area (Å²) in [6.07, 6.45) is 2.82. The third kappa shape index (κ3) is 5.71. The average molecular weight is 319 g/mol. The maximum absolute atomic E-state index is 5.37. The van der Waals surface area contributed by atoms with E-state index in [1.165, 1.54) is 0 Å². The van der Waals surface area contributed by atoms with Crippen LogP contribution in [0.3, 0.4) is 0 Å². The van der Waals surface area contributed by atoms with Crippen molar-refractivity contribution in [2.24, 2.45) is 4.99 Å². The van der Waals surface area contributed by atoms with Crippen molar-refractivity contribution in [1.82, 2.24) is 15.2 Å². The van der Waals surface area contributed by atoms with E-state index in [4.69, 9.17) is 9.73 Å².